The minimum atomic E-state index is 0.630. The fourth-order valence-corrected chi connectivity index (χ4v) is 2.45. The van der Waals surface area contributed by atoms with Gasteiger partial charge in [0.1, 0.15) is 0 Å². The molecule has 16 heavy (non-hydrogen) atoms. The maximum Gasteiger partial charge on any atom is 0.169 e. The van der Waals surface area contributed by atoms with Gasteiger partial charge in [-0.3, -0.25) is 0 Å². The van der Waals surface area contributed by atoms with Crippen LogP contribution < -0.4 is 5.32 Å². The van der Waals surface area contributed by atoms with Crippen molar-refractivity contribution in [1.29, 1.82) is 0 Å². The van der Waals surface area contributed by atoms with Gasteiger partial charge in [0.25, 0.3) is 0 Å². The van der Waals surface area contributed by atoms with Crippen LogP contribution in [0.2, 0.25) is 0 Å². The van der Waals surface area contributed by atoms with Crippen LogP contribution in [0.15, 0.2) is 0 Å². The van der Waals surface area contributed by atoms with Gasteiger partial charge in [-0.05, 0) is 25.1 Å². The summed E-state index contributed by atoms with van der Waals surface area (Å²) in [5, 5.41) is 4.10. The summed E-state index contributed by atoms with van der Waals surface area (Å²) in [6.45, 7) is 1.50. The predicted octanol–water partition coefficient (Wildman–Crippen LogP) is 2.16. The van der Waals surface area contributed by atoms with Crippen LogP contribution in [-0.4, -0.2) is 43.4 Å². The summed E-state index contributed by atoms with van der Waals surface area (Å²) in [7, 11) is 3.82. The minimum Gasteiger partial charge on any atom is -0.383 e. The highest BCUT2D eigenvalue weighted by atomic mass is 32.1. The van der Waals surface area contributed by atoms with Gasteiger partial charge in [-0.15, -0.1) is 0 Å². The van der Waals surface area contributed by atoms with Crippen LogP contribution in [0.25, 0.3) is 0 Å². The van der Waals surface area contributed by atoms with E-state index in [0.717, 1.165) is 11.7 Å². The van der Waals surface area contributed by atoms with E-state index in [1.54, 1.807) is 7.11 Å². The van der Waals surface area contributed by atoms with E-state index in [1.807, 2.05) is 0 Å². The summed E-state index contributed by atoms with van der Waals surface area (Å²) in [6.07, 6.45) is 8.01. The molecule has 0 aromatic heterocycles. The number of ether oxygens (including phenoxy) is 1. The van der Waals surface area contributed by atoms with Crippen LogP contribution in [0.4, 0.5) is 0 Å². The van der Waals surface area contributed by atoms with Crippen molar-refractivity contribution in [1.82, 2.24) is 10.2 Å². The second kappa shape index (κ2) is 7.85. The zero-order valence-corrected chi connectivity index (χ0v) is 11.3. The Hall–Kier alpha value is -0.350. The minimum absolute atomic E-state index is 0.630. The largest absolute Gasteiger partial charge is 0.383 e. The Morgan fingerprint density at radius 1 is 1.31 bits per heavy atom. The normalized spacial score (nSPS) is 17.9. The van der Waals surface area contributed by atoms with Gasteiger partial charge >= 0.3 is 0 Å². The predicted molar refractivity (Wildman–Crippen MR) is 71.7 cm³/mol. The molecule has 94 valence electrons. The molecule has 0 unspecified atom stereocenters. The van der Waals surface area contributed by atoms with Gasteiger partial charge in [0.2, 0.25) is 0 Å². The standard InChI is InChI=1S/C12H24N2OS/c1-14(12(16)13-9-10-15-2)11-7-5-3-4-6-8-11/h11H,3-10H2,1-2H3,(H,13,16). The van der Waals surface area contributed by atoms with Crippen molar-refractivity contribution in [3.63, 3.8) is 0 Å². The van der Waals surface area contributed by atoms with Crippen molar-refractivity contribution in [3.05, 3.63) is 0 Å². The lowest BCUT2D eigenvalue weighted by molar-refractivity contribution is 0.202. The van der Waals surface area contributed by atoms with E-state index >= 15 is 0 Å². The Kier molecular flexibility index (Phi) is 6.73. The van der Waals surface area contributed by atoms with Gasteiger partial charge in [-0.2, -0.15) is 0 Å². The van der Waals surface area contributed by atoms with Crippen molar-refractivity contribution >= 4 is 17.3 Å². The first-order valence-electron chi connectivity index (χ1n) is 6.25. The maximum absolute atomic E-state index is 5.37. The van der Waals surface area contributed by atoms with Crippen LogP contribution in [0.5, 0.6) is 0 Å². The van der Waals surface area contributed by atoms with E-state index in [1.165, 1.54) is 38.5 Å². The fraction of sp³-hybridized carbons (Fsp3) is 0.917. The van der Waals surface area contributed by atoms with Gasteiger partial charge < -0.3 is 15.0 Å². The van der Waals surface area contributed by atoms with Gasteiger partial charge in [0.05, 0.1) is 6.61 Å². The molecule has 0 amide bonds. The van der Waals surface area contributed by atoms with Gasteiger partial charge in [-0.25, -0.2) is 0 Å². The van der Waals surface area contributed by atoms with Crippen molar-refractivity contribution < 1.29 is 4.74 Å². The molecule has 0 aliphatic heterocycles. The van der Waals surface area contributed by atoms with Gasteiger partial charge in [0, 0.05) is 26.7 Å². The Balaban J connectivity index is 2.30. The lowest BCUT2D eigenvalue weighted by Crippen LogP contribution is -2.44. The number of rotatable bonds is 4. The molecule has 0 heterocycles. The van der Waals surface area contributed by atoms with Crippen molar-refractivity contribution in [2.75, 3.05) is 27.3 Å². The molecule has 1 aliphatic carbocycles. The summed E-state index contributed by atoms with van der Waals surface area (Å²) in [6, 6.07) is 0.630. The molecule has 0 radical (unpaired) electrons. The molecular formula is C12H24N2OS. The summed E-state index contributed by atoms with van der Waals surface area (Å²) in [5.41, 5.74) is 0. The first kappa shape index (κ1) is 13.7. The molecule has 0 spiro atoms. The molecule has 0 atom stereocenters. The van der Waals surface area contributed by atoms with Gasteiger partial charge in [0.15, 0.2) is 5.11 Å². The fourth-order valence-electron chi connectivity index (χ4n) is 2.20. The third kappa shape index (κ3) is 4.66. The van der Waals surface area contributed by atoms with Crippen LogP contribution in [0, 0.1) is 0 Å². The van der Waals surface area contributed by atoms with Crippen molar-refractivity contribution in [2.45, 2.75) is 44.6 Å². The Labute approximate surface area is 105 Å². The van der Waals surface area contributed by atoms with Crippen molar-refractivity contribution in [2.24, 2.45) is 0 Å². The molecule has 0 aromatic carbocycles. The van der Waals surface area contributed by atoms with Crippen LogP contribution in [-0.2, 0) is 4.74 Å². The Morgan fingerprint density at radius 3 is 2.50 bits per heavy atom. The SMILES string of the molecule is COCCNC(=S)N(C)C1CCCCCC1. The molecule has 4 heteroatoms. The van der Waals surface area contributed by atoms with Gasteiger partial charge in [-0.1, -0.05) is 25.7 Å². The molecular weight excluding hydrogens is 220 g/mol. The Bertz CT molecular complexity index is 203. The zero-order valence-electron chi connectivity index (χ0n) is 10.5. The zero-order chi connectivity index (χ0) is 11.8. The average molecular weight is 244 g/mol. The summed E-state index contributed by atoms with van der Waals surface area (Å²) in [4.78, 5) is 2.23. The highest BCUT2D eigenvalue weighted by Gasteiger charge is 2.18. The second-order valence-electron chi connectivity index (χ2n) is 4.48. The van der Waals surface area contributed by atoms with Crippen LogP contribution in [0.3, 0.4) is 0 Å². The number of nitrogens with zero attached hydrogens (tertiary/aromatic N) is 1. The summed E-state index contributed by atoms with van der Waals surface area (Å²) >= 11 is 5.37. The molecule has 0 aromatic rings. The van der Waals surface area contributed by atoms with Crippen LogP contribution >= 0.6 is 12.2 Å². The molecule has 1 aliphatic rings. The molecule has 1 N–H and O–H groups in total. The quantitative estimate of drug-likeness (QED) is 0.465. The number of hydrogen-bond acceptors (Lipinski definition) is 2. The van der Waals surface area contributed by atoms with E-state index in [2.05, 4.69) is 17.3 Å². The number of thiocarbonyl (C=S) groups is 1. The van der Waals surface area contributed by atoms with E-state index < -0.39 is 0 Å². The summed E-state index contributed by atoms with van der Waals surface area (Å²) in [5.74, 6) is 0. The second-order valence-corrected chi connectivity index (χ2v) is 4.87. The number of methoxy groups -OCH3 is 1. The van der Waals surface area contributed by atoms with Crippen molar-refractivity contribution in [3.8, 4) is 0 Å². The van der Waals surface area contributed by atoms with E-state index in [-0.39, 0.29) is 0 Å². The van der Waals surface area contributed by atoms with E-state index in [4.69, 9.17) is 17.0 Å². The summed E-state index contributed by atoms with van der Waals surface area (Å²) < 4.78 is 5.00. The molecule has 1 rings (SSSR count). The lowest BCUT2D eigenvalue weighted by Gasteiger charge is -2.29. The highest BCUT2D eigenvalue weighted by molar-refractivity contribution is 7.80. The topological polar surface area (TPSA) is 24.5 Å². The molecule has 0 saturated heterocycles. The smallest absolute Gasteiger partial charge is 0.169 e. The highest BCUT2D eigenvalue weighted by Crippen LogP contribution is 2.20. The molecule has 0 bridgehead atoms. The third-order valence-corrected chi connectivity index (χ3v) is 3.71. The number of nitrogens with one attached hydrogen (secondary N) is 1. The monoisotopic (exact) mass is 244 g/mol. The molecule has 1 saturated carbocycles. The van der Waals surface area contributed by atoms with Crippen LogP contribution in [0.1, 0.15) is 38.5 Å². The van der Waals surface area contributed by atoms with E-state index in [0.29, 0.717) is 12.6 Å². The first-order chi connectivity index (χ1) is 7.75. The average Bonchev–Trinajstić information content (AvgIpc) is 2.56. The maximum atomic E-state index is 5.37. The van der Waals surface area contributed by atoms with E-state index in [9.17, 15) is 0 Å². The lowest BCUT2D eigenvalue weighted by atomic mass is 10.1. The first-order valence-corrected chi connectivity index (χ1v) is 6.66. The molecule has 1 fully saturated rings. The number of hydrogen-bond donors (Lipinski definition) is 1. The third-order valence-electron chi connectivity index (χ3n) is 3.28. The Morgan fingerprint density at radius 2 is 1.94 bits per heavy atom. The molecule has 3 nitrogen and oxygen atoms in total.